The van der Waals surface area contributed by atoms with Crippen LogP contribution in [-0.4, -0.2) is 50.2 Å². The molecule has 1 aromatic rings. The summed E-state index contributed by atoms with van der Waals surface area (Å²) in [4.78, 5) is 16.7. The third kappa shape index (κ3) is 5.60. The van der Waals surface area contributed by atoms with E-state index in [2.05, 4.69) is 23.6 Å². The molecule has 28 heavy (non-hydrogen) atoms. The number of hydrogen-bond donors (Lipinski definition) is 1. The van der Waals surface area contributed by atoms with Crippen LogP contribution >= 0.6 is 0 Å². The van der Waals surface area contributed by atoms with Crippen molar-refractivity contribution in [3.63, 3.8) is 0 Å². The smallest absolute Gasteiger partial charge is 0.308 e. The van der Waals surface area contributed by atoms with E-state index < -0.39 is 0 Å². The molecule has 1 saturated carbocycles. The Morgan fingerprint density at radius 1 is 1.18 bits per heavy atom. The minimum absolute atomic E-state index is 0.00807. The van der Waals surface area contributed by atoms with Gasteiger partial charge >= 0.3 is 5.97 Å². The van der Waals surface area contributed by atoms with Crippen LogP contribution < -0.4 is 10.6 Å². The predicted molar refractivity (Wildman–Crippen MR) is 111 cm³/mol. The van der Waals surface area contributed by atoms with Gasteiger partial charge in [0.2, 0.25) is 0 Å². The van der Waals surface area contributed by atoms with Crippen LogP contribution in [0.2, 0.25) is 0 Å². The Morgan fingerprint density at radius 2 is 1.86 bits per heavy atom. The molecule has 0 bridgehead atoms. The number of carbonyl (C=O) groups is 1. The second kappa shape index (κ2) is 9.59. The molecule has 1 aliphatic heterocycles. The number of carbonyl (C=O) groups excluding carboxylic acids is 1. The highest BCUT2D eigenvalue weighted by Gasteiger charge is 2.29. The fourth-order valence-corrected chi connectivity index (χ4v) is 4.26. The standard InChI is InChI=1S/C22H34FN3O2/c1-16(2)15-28-22(27)18-5-3-17(4-6-18)14-25-9-11-26(12-10-25)21-8-7-19(24)13-20(21)23/h7-8,13,16-18H,3-6,9-12,14-15,24H2,1-2H3. The Balaban J connectivity index is 1.39. The van der Waals surface area contributed by atoms with Crippen molar-refractivity contribution in [1.82, 2.24) is 4.90 Å². The number of piperazine rings is 1. The van der Waals surface area contributed by atoms with Gasteiger partial charge in [0.05, 0.1) is 18.2 Å². The van der Waals surface area contributed by atoms with Crippen molar-refractivity contribution in [2.75, 3.05) is 50.0 Å². The molecule has 2 aliphatic rings. The van der Waals surface area contributed by atoms with Gasteiger partial charge in [-0.2, -0.15) is 0 Å². The molecule has 1 aromatic carbocycles. The van der Waals surface area contributed by atoms with Gasteiger partial charge < -0.3 is 15.4 Å². The fraction of sp³-hybridized carbons (Fsp3) is 0.682. The van der Waals surface area contributed by atoms with Crippen molar-refractivity contribution in [2.45, 2.75) is 39.5 Å². The van der Waals surface area contributed by atoms with Gasteiger partial charge in [-0.25, -0.2) is 4.39 Å². The van der Waals surface area contributed by atoms with Gasteiger partial charge in [0, 0.05) is 38.4 Å². The van der Waals surface area contributed by atoms with E-state index in [4.69, 9.17) is 10.5 Å². The lowest BCUT2D eigenvalue weighted by molar-refractivity contribution is -0.151. The number of benzene rings is 1. The summed E-state index contributed by atoms with van der Waals surface area (Å²) in [5, 5.41) is 0. The number of nitrogen functional groups attached to an aromatic ring is 1. The average Bonchev–Trinajstić information content (AvgIpc) is 2.67. The van der Waals surface area contributed by atoms with Crippen LogP contribution in [0.1, 0.15) is 39.5 Å². The summed E-state index contributed by atoms with van der Waals surface area (Å²) in [6, 6.07) is 4.93. The lowest BCUT2D eigenvalue weighted by atomic mass is 9.81. The van der Waals surface area contributed by atoms with E-state index in [1.165, 1.54) is 6.07 Å². The molecule has 0 radical (unpaired) electrons. The quantitative estimate of drug-likeness (QED) is 0.594. The van der Waals surface area contributed by atoms with Crippen molar-refractivity contribution in [1.29, 1.82) is 0 Å². The van der Waals surface area contributed by atoms with Gasteiger partial charge in [-0.15, -0.1) is 0 Å². The molecule has 2 fully saturated rings. The van der Waals surface area contributed by atoms with Crippen molar-refractivity contribution >= 4 is 17.3 Å². The first-order valence-electron chi connectivity index (χ1n) is 10.6. The molecule has 0 unspecified atom stereocenters. The SMILES string of the molecule is CC(C)COC(=O)C1CCC(CN2CCN(c3ccc(N)cc3F)CC2)CC1. The summed E-state index contributed by atoms with van der Waals surface area (Å²) < 4.78 is 19.5. The zero-order valence-corrected chi connectivity index (χ0v) is 17.2. The predicted octanol–water partition coefficient (Wildman–Crippen LogP) is 3.54. The monoisotopic (exact) mass is 391 g/mol. The Morgan fingerprint density at radius 3 is 2.46 bits per heavy atom. The zero-order chi connectivity index (χ0) is 20.1. The van der Waals surface area contributed by atoms with Crippen molar-refractivity contribution in [2.24, 2.45) is 17.8 Å². The normalized spacial score (nSPS) is 23.8. The molecule has 0 spiro atoms. The lowest BCUT2D eigenvalue weighted by Gasteiger charge is -2.39. The minimum Gasteiger partial charge on any atom is -0.465 e. The highest BCUT2D eigenvalue weighted by Crippen LogP contribution is 2.31. The van der Waals surface area contributed by atoms with E-state index in [1.807, 2.05) is 0 Å². The second-order valence-electron chi connectivity index (χ2n) is 8.74. The first-order chi connectivity index (χ1) is 13.4. The summed E-state index contributed by atoms with van der Waals surface area (Å²) in [6.07, 6.45) is 4.07. The summed E-state index contributed by atoms with van der Waals surface area (Å²) in [5.74, 6) is 0.873. The maximum atomic E-state index is 14.1. The number of halogens is 1. The fourth-order valence-electron chi connectivity index (χ4n) is 4.26. The third-order valence-electron chi connectivity index (χ3n) is 5.94. The van der Waals surface area contributed by atoms with Gasteiger partial charge in [0.15, 0.2) is 0 Å². The van der Waals surface area contributed by atoms with Crippen LogP contribution in [0.3, 0.4) is 0 Å². The number of anilines is 2. The number of nitrogens with zero attached hydrogens (tertiary/aromatic N) is 2. The van der Waals surface area contributed by atoms with Crippen molar-refractivity contribution in [3.8, 4) is 0 Å². The van der Waals surface area contributed by atoms with Crippen molar-refractivity contribution in [3.05, 3.63) is 24.0 Å². The first-order valence-corrected chi connectivity index (χ1v) is 10.6. The van der Waals surface area contributed by atoms with E-state index in [-0.39, 0.29) is 17.7 Å². The van der Waals surface area contributed by atoms with Crippen LogP contribution in [0, 0.1) is 23.6 Å². The molecule has 0 atom stereocenters. The second-order valence-corrected chi connectivity index (χ2v) is 8.74. The molecule has 1 saturated heterocycles. The molecule has 2 N–H and O–H groups in total. The van der Waals surface area contributed by atoms with Gasteiger partial charge in [0.1, 0.15) is 5.82 Å². The molecule has 1 heterocycles. The molecule has 156 valence electrons. The molecular weight excluding hydrogens is 357 g/mol. The van der Waals surface area contributed by atoms with Crippen LogP contribution in [0.15, 0.2) is 18.2 Å². The summed E-state index contributed by atoms with van der Waals surface area (Å²) >= 11 is 0. The Labute approximate surface area is 168 Å². The zero-order valence-electron chi connectivity index (χ0n) is 17.2. The summed E-state index contributed by atoms with van der Waals surface area (Å²) in [5.41, 5.74) is 6.75. The topological polar surface area (TPSA) is 58.8 Å². The maximum Gasteiger partial charge on any atom is 0.308 e. The highest BCUT2D eigenvalue weighted by atomic mass is 19.1. The molecule has 5 nitrogen and oxygen atoms in total. The largest absolute Gasteiger partial charge is 0.465 e. The van der Waals surface area contributed by atoms with Crippen LogP contribution in [0.4, 0.5) is 15.8 Å². The van der Waals surface area contributed by atoms with E-state index >= 15 is 0 Å². The number of ether oxygens (including phenoxy) is 1. The highest BCUT2D eigenvalue weighted by molar-refractivity contribution is 5.72. The van der Waals surface area contributed by atoms with Crippen LogP contribution in [-0.2, 0) is 9.53 Å². The molecule has 0 amide bonds. The van der Waals surface area contributed by atoms with E-state index in [1.54, 1.807) is 12.1 Å². The third-order valence-corrected chi connectivity index (χ3v) is 5.94. The van der Waals surface area contributed by atoms with Gasteiger partial charge in [-0.05, 0) is 55.7 Å². The first kappa shape index (κ1) is 20.9. The summed E-state index contributed by atoms with van der Waals surface area (Å²) in [6.45, 7) is 9.27. The number of rotatable bonds is 6. The van der Waals surface area contributed by atoms with E-state index in [9.17, 15) is 9.18 Å². The number of hydrogen-bond acceptors (Lipinski definition) is 5. The Kier molecular flexibility index (Phi) is 7.16. The van der Waals surface area contributed by atoms with E-state index in [0.717, 1.165) is 58.4 Å². The average molecular weight is 392 g/mol. The van der Waals surface area contributed by atoms with Crippen LogP contribution in [0.5, 0.6) is 0 Å². The van der Waals surface area contributed by atoms with Gasteiger partial charge in [0.25, 0.3) is 0 Å². The molecule has 1 aliphatic carbocycles. The maximum absolute atomic E-state index is 14.1. The Bertz CT molecular complexity index is 651. The number of esters is 1. The van der Waals surface area contributed by atoms with Crippen LogP contribution in [0.25, 0.3) is 0 Å². The minimum atomic E-state index is -0.240. The van der Waals surface area contributed by atoms with Gasteiger partial charge in [-0.3, -0.25) is 9.69 Å². The molecule has 0 aromatic heterocycles. The number of nitrogens with two attached hydrogens (primary N) is 1. The lowest BCUT2D eigenvalue weighted by Crippen LogP contribution is -2.48. The molecule has 6 heteroatoms. The molecule has 3 rings (SSSR count). The van der Waals surface area contributed by atoms with Gasteiger partial charge in [-0.1, -0.05) is 13.8 Å². The summed E-state index contributed by atoms with van der Waals surface area (Å²) in [7, 11) is 0. The Hall–Kier alpha value is -1.82. The van der Waals surface area contributed by atoms with E-state index in [0.29, 0.717) is 29.8 Å². The molecular formula is C22H34FN3O2. The van der Waals surface area contributed by atoms with Crippen molar-refractivity contribution < 1.29 is 13.9 Å².